The Morgan fingerprint density at radius 3 is 2.53 bits per heavy atom. The standard InChI is InChI=1S/C13H22N2/c1-3-5-10(2)15-12-6-4-7-13(15)9-11(14)8-12/h1,10-13H,4-9,14H2,2H3. The van der Waals surface area contributed by atoms with Gasteiger partial charge in [0.25, 0.3) is 0 Å². The molecule has 0 amide bonds. The van der Waals surface area contributed by atoms with Gasteiger partial charge < -0.3 is 5.73 Å². The van der Waals surface area contributed by atoms with Crippen molar-refractivity contribution >= 4 is 0 Å². The summed E-state index contributed by atoms with van der Waals surface area (Å²) >= 11 is 0. The van der Waals surface area contributed by atoms with Crippen LogP contribution in [0.5, 0.6) is 0 Å². The zero-order valence-electron chi connectivity index (χ0n) is 9.65. The lowest BCUT2D eigenvalue weighted by Crippen LogP contribution is -2.58. The SMILES string of the molecule is C#CCC(C)N1C2CCCC1CC(N)C2. The van der Waals surface area contributed by atoms with E-state index in [2.05, 4.69) is 17.7 Å². The van der Waals surface area contributed by atoms with E-state index in [1.54, 1.807) is 0 Å². The lowest BCUT2D eigenvalue weighted by Gasteiger charge is -2.50. The molecule has 2 saturated heterocycles. The van der Waals surface area contributed by atoms with Crippen LogP contribution in [0.15, 0.2) is 0 Å². The largest absolute Gasteiger partial charge is 0.328 e. The summed E-state index contributed by atoms with van der Waals surface area (Å²) in [5, 5.41) is 0. The average Bonchev–Trinajstić information content (AvgIpc) is 2.16. The Kier molecular flexibility index (Phi) is 3.33. The molecule has 2 aliphatic rings. The van der Waals surface area contributed by atoms with E-state index in [9.17, 15) is 0 Å². The molecule has 2 fully saturated rings. The third kappa shape index (κ3) is 2.19. The Labute approximate surface area is 93.2 Å². The molecule has 0 aliphatic carbocycles. The van der Waals surface area contributed by atoms with Gasteiger partial charge in [0.2, 0.25) is 0 Å². The van der Waals surface area contributed by atoms with Crippen LogP contribution in [0.2, 0.25) is 0 Å². The highest BCUT2D eigenvalue weighted by Gasteiger charge is 2.38. The van der Waals surface area contributed by atoms with Gasteiger partial charge in [-0.2, -0.15) is 0 Å². The highest BCUT2D eigenvalue weighted by atomic mass is 15.2. The van der Waals surface area contributed by atoms with Gasteiger partial charge in [0.05, 0.1) is 0 Å². The molecule has 2 rings (SSSR count). The Balaban J connectivity index is 2.07. The molecule has 0 saturated carbocycles. The number of terminal acetylenes is 1. The molecule has 0 aromatic carbocycles. The van der Waals surface area contributed by atoms with Crippen LogP contribution in [0.4, 0.5) is 0 Å². The zero-order valence-corrected chi connectivity index (χ0v) is 9.65. The van der Waals surface area contributed by atoms with Crippen LogP contribution in [-0.2, 0) is 0 Å². The predicted molar refractivity (Wildman–Crippen MR) is 63.4 cm³/mol. The predicted octanol–water partition coefficient (Wildman–Crippen LogP) is 1.74. The molecule has 3 unspecified atom stereocenters. The Morgan fingerprint density at radius 2 is 2.00 bits per heavy atom. The lowest BCUT2D eigenvalue weighted by molar-refractivity contribution is 0.00203. The van der Waals surface area contributed by atoms with Crippen molar-refractivity contribution in [2.45, 2.75) is 69.6 Å². The maximum Gasteiger partial charge on any atom is 0.0240 e. The molecule has 2 heteroatoms. The number of nitrogens with zero attached hydrogens (tertiary/aromatic N) is 1. The van der Waals surface area contributed by atoms with E-state index in [0.29, 0.717) is 24.2 Å². The molecular weight excluding hydrogens is 184 g/mol. The molecule has 2 heterocycles. The summed E-state index contributed by atoms with van der Waals surface area (Å²) in [6, 6.07) is 2.37. The number of hydrogen-bond donors (Lipinski definition) is 1. The van der Waals surface area contributed by atoms with Gasteiger partial charge in [0.1, 0.15) is 0 Å². The van der Waals surface area contributed by atoms with Gasteiger partial charge in [-0.15, -0.1) is 12.3 Å². The van der Waals surface area contributed by atoms with Gasteiger partial charge in [-0.05, 0) is 32.6 Å². The quantitative estimate of drug-likeness (QED) is 0.697. The second-order valence-electron chi connectivity index (χ2n) is 5.17. The fourth-order valence-electron chi connectivity index (χ4n) is 3.46. The molecule has 0 aromatic rings. The summed E-state index contributed by atoms with van der Waals surface area (Å²) < 4.78 is 0. The average molecular weight is 206 g/mol. The van der Waals surface area contributed by atoms with Gasteiger partial charge in [-0.3, -0.25) is 4.90 Å². The van der Waals surface area contributed by atoms with E-state index >= 15 is 0 Å². The number of fused-ring (bicyclic) bond motifs is 2. The van der Waals surface area contributed by atoms with Gasteiger partial charge in [-0.25, -0.2) is 0 Å². The Bertz CT molecular complexity index is 242. The van der Waals surface area contributed by atoms with Crippen molar-refractivity contribution < 1.29 is 0 Å². The summed E-state index contributed by atoms with van der Waals surface area (Å²) in [5.41, 5.74) is 6.09. The normalized spacial score (nSPS) is 38.3. The first-order valence-corrected chi connectivity index (χ1v) is 6.19. The first-order chi connectivity index (χ1) is 7.22. The van der Waals surface area contributed by atoms with Crippen LogP contribution in [0, 0.1) is 12.3 Å². The smallest absolute Gasteiger partial charge is 0.0240 e. The summed E-state index contributed by atoms with van der Waals surface area (Å²) in [7, 11) is 0. The first kappa shape index (κ1) is 11.0. The molecule has 84 valence electrons. The van der Waals surface area contributed by atoms with Crippen LogP contribution in [0.25, 0.3) is 0 Å². The van der Waals surface area contributed by atoms with Crippen LogP contribution >= 0.6 is 0 Å². The van der Waals surface area contributed by atoms with Crippen molar-refractivity contribution in [1.82, 2.24) is 4.90 Å². The molecule has 3 atom stereocenters. The van der Waals surface area contributed by atoms with Gasteiger partial charge in [0.15, 0.2) is 0 Å². The molecule has 0 spiro atoms. The van der Waals surface area contributed by atoms with Crippen LogP contribution in [0.3, 0.4) is 0 Å². The minimum atomic E-state index is 0.426. The Morgan fingerprint density at radius 1 is 1.40 bits per heavy atom. The maximum atomic E-state index is 6.09. The molecule has 0 aromatic heterocycles. The van der Waals surface area contributed by atoms with Crippen molar-refractivity contribution in [2.75, 3.05) is 0 Å². The minimum absolute atomic E-state index is 0.426. The number of hydrogen-bond acceptors (Lipinski definition) is 2. The molecule has 2 bridgehead atoms. The van der Waals surface area contributed by atoms with Crippen LogP contribution in [0.1, 0.15) is 45.4 Å². The third-order valence-electron chi connectivity index (χ3n) is 3.99. The highest BCUT2D eigenvalue weighted by Crippen LogP contribution is 2.35. The second kappa shape index (κ2) is 4.55. The topological polar surface area (TPSA) is 29.3 Å². The lowest BCUT2D eigenvalue weighted by atomic mass is 9.81. The van der Waals surface area contributed by atoms with E-state index in [0.717, 1.165) is 6.42 Å². The van der Waals surface area contributed by atoms with E-state index in [-0.39, 0.29) is 0 Å². The number of nitrogens with two attached hydrogens (primary N) is 1. The number of rotatable bonds is 2. The number of piperidine rings is 2. The second-order valence-corrected chi connectivity index (χ2v) is 5.17. The van der Waals surface area contributed by atoms with Crippen molar-refractivity contribution in [3.05, 3.63) is 0 Å². The minimum Gasteiger partial charge on any atom is -0.328 e. The molecule has 0 radical (unpaired) electrons. The van der Waals surface area contributed by atoms with Crippen LogP contribution in [-0.4, -0.2) is 29.1 Å². The first-order valence-electron chi connectivity index (χ1n) is 6.19. The maximum absolute atomic E-state index is 6.09. The fourth-order valence-corrected chi connectivity index (χ4v) is 3.46. The van der Waals surface area contributed by atoms with Gasteiger partial charge in [-0.1, -0.05) is 6.42 Å². The van der Waals surface area contributed by atoms with E-state index in [1.807, 2.05) is 0 Å². The fraction of sp³-hybridized carbons (Fsp3) is 0.846. The highest BCUT2D eigenvalue weighted by molar-refractivity contribution is 4.99. The van der Waals surface area contributed by atoms with Crippen molar-refractivity contribution in [3.8, 4) is 12.3 Å². The third-order valence-corrected chi connectivity index (χ3v) is 3.99. The van der Waals surface area contributed by atoms with Gasteiger partial charge in [0, 0.05) is 30.6 Å². The van der Waals surface area contributed by atoms with E-state index < -0.39 is 0 Å². The molecule has 15 heavy (non-hydrogen) atoms. The van der Waals surface area contributed by atoms with Crippen molar-refractivity contribution in [3.63, 3.8) is 0 Å². The summed E-state index contributed by atoms with van der Waals surface area (Å²) in [6.45, 7) is 2.27. The molecule has 2 N–H and O–H groups in total. The summed E-state index contributed by atoms with van der Waals surface area (Å²) in [6.07, 6.45) is 12.6. The zero-order chi connectivity index (χ0) is 10.8. The summed E-state index contributed by atoms with van der Waals surface area (Å²) in [5.74, 6) is 2.79. The summed E-state index contributed by atoms with van der Waals surface area (Å²) in [4.78, 5) is 2.66. The molecule has 2 nitrogen and oxygen atoms in total. The van der Waals surface area contributed by atoms with Crippen LogP contribution < -0.4 is 5.73 Å². The van der Waals surface area contributed by atoms with Crippen molar-refractivity contribution in [2.24, 2.45) is 5.73 Å². The molecule has 2 aliphatic heterocycles. The van der Waals surface area contributed by atoms with E-state index in [4.69, 9.17) is 12.2 Å². The monoisotopic (exact) mass is 206 g/mol. The van der Waals surface area contributed by atoms with Gasteiger partial charge >= 0.3 is 0 Å². The molecular formula is C13H22N2. The Hall–Kier alpha value is -0.520. The van der Waals surface area contributed by atoms with Crippen molar-refractivity contribution in [1.29, 1.82) is 0 Å². The van der Waals surface area contributed by atoms with E-state index in [1.165, 1.54) is 32.1 Å².